The van der Waals surface area contributed by atoms with Crippen LogP contribution in [-0.4, -0.2) is 25.5 Å². The van der Waals surface area contributed by atoms with E-state index in [9.17, 15) is 18.0 Å². The number of anilines is 1. The molecule has 2 heterocycles. The van der Waals surface area contributed by atoms with Gasteiger partial charge in [-0.05, 0) is 47.3 Å². The number of nitrogens with zero attached hydrogens (tertiary/aromatic N) is 4. The van der Waals surface area contributed by atoms with Crippen molar-refractivity contribution >= 4 is 39.1 Å². The SMILES string of the molecule is CC(C(=O)Nc1cnn(Cc2ccccc2Cl)c1)n1nc(C(F)(F)F)c(Br)c1C1CC1. The molecule has 0 radical (unpaired) electrons. The lowest BCUT2D eigenvalue weighted by atomic mass is 10.2. The van der Waals surface area contributed by atoms with E-state index >= 15 is 0 Å². The van der Waals surface area contributed by atoms with E-state index in [1.165, 1.54) is 17.8 Å². The van der Waals surface area contributed by atoms with Crippen molar-refractivity contribution in [3.05, 3.63) is 63.1 Å². The molecule has 4 rings (SSSR count). The van der Waals surface area contributed by atoms with Crippen LogP contribution in [0.15, 0.2) is 41.1 Å². The zero-order chi connectivity index (χ0) is 22.3. The van der Waals surface area contributed by atoms with Gasteiger partial charge < -0.3 is 5.32 Å². The Hall–Kier alpha value is -2.33. The van der Waals surface area contributed by atoms with Gasteiger partial charge in [0.25, 0.3) is 0 Å². The maximum atomic E-state index is 13.3. The summed E-state index contributed by atoms with van der Waals surface area (Å²) in [7, 11) is 0. The molecule has 31 heavy (non-hydrogen) atoms. The van der Waals surface area contributed by atoms with Gasteiger partial charge in [0.05, 0.1) is 28.6 Å². The summed E-state index contributed by atoms with van der Waals surface area (Å²) in [6.07, 6.45) is 0.0403. The van der Waals surface area contributed by atoms with Gasteiger partial charge in [0.1, 0.15) is 6.04 Å². The van der Waals surface area contributed by atoms with Crippen LogP contribution in [0, 0.1) is 0 Å². The summed E-state index contributed by atoms with van der Waals surface area (Å²) in [4.78, 5) is 12.8. The Morgan fingerprint density at radius 3 is 2.71 bits per heavy atom. The number of hydrogen-bond acceptors (Lipinski definition) is 3. The summed E-state index contributed by atoms with van der Waals surface area (Å²) >= 11 is 9.21. The largest absolute Gasteiger partial charge is 0.436 e. The molecule has 0 aliphatic heterocycles. The summed E-state index contributed by atoms with van der Waals surface area (Å²) in [5.41, 5.74) is 0.693. The molecule has 1 atom stereocenters. The second-order valence-corrected chi connectivity index (χ2v) is 8.65. The van der Waals surface area contributed by atoms with Crippen molar-refractivity contribution in [2.75, 3.05) is 5.32 Å². The zero-order valence-electron chi connectivity index (χ0n) is 16.3. The van der Waals surface area contributed by atoms with Crippen LogP contribution in [0.4, 0.5) is 18.9 Å². The molecule has 1 aliphatic rings. The summed E-state index contributed by atoms with van der Waals surface area (Å²) in [5, 5.41) is 11.2. The van der Waals surface area contributed by atoms with Crippen molar-refractivity contribution in [3.8, 4) is 0 Å². The van der Waals surface area contributed by atoms with Crippen molar-refractivity contribution < 1.29 is 18.0 Å². The van der Waals surface area contributed by atoms with E-state index in [2.05, 4.69) is 31.4 Å². The first-order valence-corrected chi connectivity index (χ1v) is 10.7. The van der Waals surface area contributed by atoms with Crippen molar-refractivity contribution in [2.45, 2.75) is 44.4 Å². The minimum absolute atomic E-state index is 0.0356. The molecule has 0 bridgehead atoms. The third-order valence-electron chi connectivity index (χ3n) is 5.06. The number of carbonyl (C=O) groups excluding carboxylic acids is 1. The van der Waals surface area contributed by atoms with Crippen LogP contribution in [-0.2, 0) is 17.5 Å². The quantitative estimate of drug-likeness (QED) is 0.461. The predicted molar refractivity (Wildman–Crippen MR) is 113 cm³/mol. The second kappa shape index (κ2) is 8.31. The van der Waals surface area contributed by atoms with Gasteiger partial charge in [-0.3, -0.25) is 14.2 Å². The molecule has 2 aromatic heterocycles. The van der Waals surface area contributed by atoms with Crippen LogP contribution in [0.3, 0.4) is 0 Å². The normalized spacial score (nSPS) is 15.2. The van der Waals surface area contributed by atoms with Crippen LogP contribution < -0.4 is 5.32 Å². The smallest absolute Gasteiger partial charge is 0.322 e. The molecular weight excluding hydrogens is 499 g/mol. The first kappa shape index (κ1) is 21.9. The number of carbonyl (C=O) groups is 1. The topological polar surface area (TPSA) is 64.7 Å². The third kappa shape index (κ3) is 4.64. The van der Waals surface area contributed by atoms with Crippen molar-refractivity contribution in [2.24, 2.45) is 0 Å². The molecule has 164 valence electrons. The minimum Gasteiger partial charge on any atom is -0.322 e. The molecule has 6 nitrogen and oxygen atoms in total. The molecule has 1 N–H and O–H groups in total. The van der Waals surface area contributed by atoms with Gasteiger partial charge in [-0.15, -0.1) is 0 Å². The molecule has 1 saturated carbocycles. The number of halogens is 5. The number of hydrogen-bond donors (Lipinski definition) is 1. The molecule has 1 fully saturated rings. The van der Waals surface area contributed by atoms with E-state index in [4.69, 9.17) is 11.6 Å². The van der Waals surface area contributed by atoms with Crippen molar-refractivity contribution in [1.82, 2.24) is 19.6 Å². The fourth-order valence-electron chi connectivity index (χ4n) is 3.30. The number of amides is 1. The van der Waals surface area contributed by atoms with Crippen molar-refractivity contribution in [1.29, 1.82) is 0 Å². The van der Waals surface area contributed by atoms with Gasteiger partial charge in [-0.2, -0.15) is 23.4 Å². The summed E-state index contributed by atoms with van der Waals surface area (Å²) in [5.74, 6) is -0.519. The zero-order valence-corrected chi connectivity index (χ0v) is 18.7. The van der Waals surface area contributed by atoms with Crippen LogP contribution in [0.5, 0.6) is 0 Å². The average molecular weight is 517 g/mol. The molecular formula is C20H18BrClF3N5O. The summed E-state index contributed by atoms with van der Waals surface area (Å²) < 4.78 is 42.7. The van der Waals surface area contributed by atoms with E-state index in [0.717, 1.165) is 18.4 Å². The van der Waals surface area contributed by atoms with Crippen LogP contribution in [0.1, 0.15) is 48.7 Å². The molecule has 1 aliphatic carbocycles. The highest BCUT2D eigenvalue weighted by molar-refractivity contribution is 9.10. The van der Waals surface area contributed by atoms with E-state index in [0.29, 0.717) is 22.9 Å². The average Bonchev–Trinajstić information content (AvgIpc) is 3.34. The van der Waals surface area contributed by atoms with Crippen molar-refractivity contribution in [3.63, 3.8) is 0 Å². The van der Waals surface area contributed by atoms with Crippen LogP contribution in [0.25, 0.3) is 0 Å². The molecule has 11 heteroatoms. The number of nitrogens with one attached hydrogen (secondary N) is 1. The predicted octanol–water partition coefficient (Wildman–Crippen LogP) is 5.64. The van der Waals surface area contributed by atoms with Gasteiger partial charge in [0.2, 0.25) is 5.91 Å². The maximum absolute atomic E-state index is 13.3. The Labute approximate surface area is 189 Å². The lowest BCUT2D eigenvalue weighted by Crippen LogP contribution is -2.26. The Kier molecular flexibility index (Phi) is 5.87. The number of aromatic nitrogens is 4. The van der Waals surface area contributed by atoms with Gasteiger partial charge in [0.15, 0.2) is 5.69 Å². The Balaban J connectivity index is 1.51. The molecule has 1 aromatic carbocycles. The molecule has 3 aromatic rings. The highest BCUT2D eigenvalue weighted by Gasteiger charge is 2.43. The lowest BCUT2D eigenvalue weighted by molar-refractivity contribution is -0.142. The summed E-state index contributed by atoms with van der Waals surface area (Å²) in [6.45, 7) is 1.94. The van der Waals surface area contributed by atoms with Gasteiger partial charge >= 0.3 is 6.18 Å². The van der Waals surface area contributed by atoms with Gasteiger partial charge in [-0.1, -0.05) is 29.8 Å². The minimum atomic E-state index is -4.61. The first-order valence-electron chi connectivity index (χ1n) is 9.57. The monoisotopic (exact) mass is 515 g/mol. The third-order valence-corrected chi connectivity index (χ3v) is 6.21. The van der Waals surface area contributed by atoms with Gasteiger partial charge in [0, 0.05) is 17.1 Å². The van der Waals surface area contributed by atoms with E-state index in [1.807, 2.05) is 18.2 Å². The lowest BCUT2D eigenvalue weighted by Gasteiger charge is -2.15. The van der Waals surface area contributed by atoms with E-state index < -0.39 is 23.8 Å². The molecule has 0 spiro atoms. The number of alkyl halides is 3. The van der Waals surface area contributed by atoms with E-state index in [1.54, 1.807) is 16.9 Å². The summed E-state index contributed by atoms with van der Waals surface area (Å²) in [6, 6.07) is 6.41. The Bertz CT molecular complexity index is 1120. The van der Waals surface area contributed by atoms with E-state index in [-0.39, 0.29) is 10.4 Å². The molecule has 0 saturated heterocycles. The first-order chi connectivity index (χ1) is 14.6. The molecule has 1 unspecified atom stereocenters. The molecule has 1 amide bonds. The maximum Gasteiger partial charge on any atom is 0.436 e. The number of benzene rings is 1. The number of rotatable bonds is 6. The Morgan fingerprint density at radius 1 is 1.35 bits per heavy atom. The van der Waals surface area contributed by atoms with Crippen LogP contribution >= 0.6 is 27.5 Å². The van der Waals surface area contributed by atoms with Gasteiger partial charge in [-0.25, -0.2) is 0 Å². The van der Waals surface area contributed by atoms with Crippen LogP contribution in [0.2, 0.25) is 5.02 Å². The highest BCUT2D eigenvalue weighted by atomic mass is 79.9. The fourth-order valence-corrected chi connectivity index (χ4v) is 4.31. The fraction of sp³-hybridized carbons (Fsp3) is 0.350. The standard InChI is InChI=1S/C20H18BrClF3N5O/c1-11(30-17(12-6-7-12)16(21)18(28-30)20(23,24)25)19(31)27-14-8-26-29(10-14)9-13-4-2-3-5-15(13)22/h2-5,8,10-12H,6-7,9H2,1H3,(H,27,31). The second-order valence-electron chi connectivity index (χ2n) is 7.45. The highest BCUT2D eigenvalue weighted by Crippen LogP contribution is 2.47. The Morgan fingerprint density at radius 2 is 2.06 bits per heavy atom.